The van der Waals surface area contributed by atoms with Gasteiger partial charge in [0.25, 0.3) is 5.91 Å². The molecule has 3 rings (SSSR count). The summed E-state index contributed by atoms with van der Waals surface area (Å²) in [4.78, 5) is 12.5. The largest absolute Gasteiger partial charge is 0.497 e. The molecule has 26 heavy (non-hydrogen) atoms. The average molecular weight is 351 g/mol. The van der Waals surface area contributed by atoms with Crippen LogP contribution in [0, 0.1) is 6.92 Å². The molecule has 0 saturated heterocycles. The lowest BCUT2D eigenvalue weighted by molar-refractivity contribution is 0.102. The second-order valence-corrected chi connectivity index (χ2v) is 5.87. The predicted octanol–water partition coefficient (Wildman–Crippen LogP) is 3.59. The normalized spacial score (nSPS) is 10.6. The number of hydrogen-bond donors (Lipinski definition) is 1. The molecule has 0 unspecified atom stereocenters. The SMILES string of the molecule is COCc1cccc(NC(=O)c2cc(C)n(-c3ccc(OC)cc3)n2)c1. The van der Waals surface area contributed by atoms with Crippen LogP contribution in [-0.4, -0.2) is 29.9 Å². The van der Waals surface area contributed by atoms with Crippen molar-refractivity contribution >= 4 is 11.6 Å². The summed E-state index contributed by atoms with van der Waals surface area (Å²) in [6.07, 6.45) is 0. The number of benzene rings is 2. The second-order valence-electron chi connectivity index (χ2n) is 5.87. The molecule has 0 aliphatic rings. The Bertz CT molecular complexity index is 901. The van der Waals surface area contributed by atoms with Crippen molar-refractivity contribution in [2.75, 3.05) is 19.5 Å². The summed E-state index contributed by atoms with van der Waals surface area (Å²) in [6.45, 7) is 2.40. The van der Waals surface area contributed by atoms with Gasteiger partial charge >= 0.3 is 0 Å². The first-order chi connectivity index (χ1) is 12.6. The summed E-state index contributed by atoms with van der Waals surface area (Å²) in [5.41, 5.74) is 3.79. The van der Waals surface area contributed by atoms with Crippen molar-refractivity contribution in [3.05, 3.63) is 71.5 Å². The molecule has 6 heteroatoms. The Morgan fingerprint density at radius 2 is 1.88 bits per heavy atom. The minimum atomic E-state index is -0.255. The summed E-state index contributed by atoms with van der Waals surface area (Å²) in [5.74, 6) is 0.516. The van der Waals surface area contributed by atoms with Gasteiger partial charge in [-0.3, -0.25) is 4.79 Å². The highest BCUT2D eigenvalue weighted by Gasteiger charge is 2.14. The number of ether oxygens (including phenoxy) is 2. The number of nitrogens with one attached hydrogen (secondary N) is 1. The number of nitrogens with zero attached hydrogens (tertiary/aromatic N) is 2. The summed E-state index contributed by atoms with van der Waals surface area (Å²) in [6, 6.07) is 16.8. The minimum absolute atomic E-state index is 0.255. The summed E-state index contributed by atoms with van der Waals surface area (Å²) >= 11 is 0. The van der Waals surface area contributed by atoms with Crippen molar-refractivity contribution in [3.8, 4) is 11.4 Å². The summed E-state index contributed by atoms with van der Waals surface area (Å²) in [5, 5.41) is 7.31. The average Bonchev–Trinajstić information content (AvgIpc) is 3.04. The van der Waals surface area contributed by atoms with Gasteiger partial charge in [-0.25, -0.2) is 4.68 Å². The van der Waals surface area contributed by atoms with E-state index in [1.807, 2.05) is 55.5 Å². The van der Waals surface area contributed by atoms with Crippen molar-refractivity contribution in [2.45, 2.75) is 13.5 Å². The van der Waals surface area contributed by atoms with Gasteiger partial charge in [0, 0.05) is 18.5 Å². The maximum atomic E-state index is 12.5. The Balaban J connectivity index is 1.79. The van der Waals surface area contributed by atoms with Crippen molar-refractivity contribution in [1.82, 2.24) is 9.78 Å². The first kappa shape index (κ1) is 17.7. The van der Waals surface area contributed by atoms with E-state index in [-0.39, 0.29) is 5.91 Å². The standard InChI is InChI=1S/C20H21N3O3/c1-14-11-19(22-23(14)17-7-9-18(26-3)10-8-17)20(24)21-16-6-4-5-15(12-16)13-25-2/h4-12H,13H2,1-3H3,(H,21,24). The van der Waals surface area contributed by atoms with Gasteiger partial charge in [-0.1, -0.05) is 12.1 Å². The molecule has 1 heterocycles. The smallest absolute Gasteiger partial charge is 0.276 e. The lowest BCUT2D eigenvalue weighted by atomic mass is 10.2. The zero-order valence-electron chi connectivity index (χ0n) is 15.0. The Hall–Kier alpha value is -3.12. The van der Waals surface area contributed by atoms with Gasteiger partial charge < -0.3 is 14.8 Å². The Morgan fingerprint density at radius 3 is 2.58 bits per heavy atom. The molecule has 0 spiro atoms. The molecule has 2 aromatic carbocycles. The Kier molecular flexibility index (Phi) is 5.34. The molecule has 6 nitrogen and oxygen atoms in total. The quantitative estimate of drug-likeness (QED) is 0.737. The van der Waals surface area contributed by atoms with E-state index >= 15 is 0 Å². The van der Waals surface area contributed by atoms with E-state index in [1.54, 1.807) is 25.0 Å². The summed E-state index contributed by atoms with van der Waals surface area (Å²) < 4.78 is 12.0. The number of amides is 1. The maximum absolute atomic E-state index is 12.5. The third-order valence-electron chi connectivity index (χ3n) is 3.93. The van der Waals surface area contributed by atoms with Gasteiger partial charge in [-0.15, -0.1) is 0 Å². The van der Waals surface area contributed by atoms with Crippen molar-refractivity contribution in [2.24, 2.45) is 0 Å². The van der Waals surface area contributed by atoms with Crippen LogP contribution in [0.1, 0.15) is 21.7 Å². The molecule has 1 aromatic heterocycles. The number of hydrogen-bond acceptors (Lipinski definition) is 4. The number of carbonyl (C=O) groups is 1. The molecule has 0 bridgehead atoms. The van der Waals surface area contributed by atoms with E-state index in [4.69, 9.17) is 9.47 Å². The van der Waals surface area contributed by atoms with Crippen molar-refractivity contribution in [3.63, 3.8) is 0 Å². The molecule has 0 saturated carbocycles. The van der Waals surface area contributed by atoms with E-state index < -0.39 is 0 Å². The van der Waals surface area contributed by atoms with E-state index in [2.05, 4.69) is 10.4 Å². The number of anilines is 1. The number of aromatic nitrogens is 2. The number of carbonyl (C=O) groups excluding carboxylic acids is 1. The van der Waals surface area contributed by atoms with Crippen LogP contribution in [0.15, 0.2) is 54.6 Å². The molecule has 3 aromatic rings. The fourth-order valence-electron chi connectivity index (χ4n) is 2.67. The Labute approximate surface area is 152 Å². The van der Waals surface area contributed by atoms with E-state index in [0.717, 1.165) is 22.7 Å². The first-order valence-corrected chi connectivity index (χ1v) is 8.21. The lowest BCUT2D eigenvalue weighted by Gasteiger charge is -2.06. The molecule has 134 valence electrons. The molecule has 0 aliphatic heterocycles. The van der Waals surface area contributed by atoms with Crippen LogP contribution in [0.3, 0.4) is 0 Å². The third-order valence-corrected chi connectivity index (χ3v) is 3.93. The number of rotatable bonds is 6. The zero-order chi connectivity index (χ0) is 18.5. The van der Waals surface area contributed by atoms with Crippen LogP contribution in [-0.2, 0) is 11.3 Å². The molecule has 0 fully saturated rings. The van der Waals surface area contributed by atoms with E-state index in [1.165, 1.54) is 0 Å². The molecule has 1 amide bonds. The fraction of sp³-hybridized carbons (Fsp3) is 0.200. The van der Waals surface area contributed by atoms with Gasteiger partial charge in [0.2, 0.25) is 0 Å². The summed E-state index contributed by atoms with van der Waals surface area (Å²) in [7, 11) is 3.26. The van der Waals surface area contributed by atoms with Crippen LogP contribution >= 0.6 is 0 Å². The maximum Gasteiger partial charge on any atom is 0.276 e. The third kappa shape index (κ3) is 3.92. The van der Waals surface area contributed by atoms with Crippen molar-refractivity contribution < 1.29 is 14.3 Å². The minimum Gasteiger partial charge on any atom is -0.497 e. The van der Waals surface area contributed by atoms with Gasteiger partial charge in [0.05, 0.1) is 19.4 Å². The molecule has 0 radical (unpaired) electrons. The fourth-order valence-corrected chi connectivity index (χ4v) is 2.67. The number of methoxy groups -OCH3 is 2. The molecular weight excluding hydrogens is 330 g/mol. The second kappa shape index (κ2) is 7.84. The predicted molar refractivity (Wildman–Crippen MR) is 100.0 cm³/mol. The van der Waals surface area contributed by atoms with Gasteiger partial charge in [-0.2, -0.15) is 5.10 Å². The molecule has 0 atom stereocenters. The molecular formula is C20H21N3O3. The number of aryl methyl sites for hydroxylation is 1. The highest BCUT2D eigenvalue weighted by Crippen LogP contribution is 2.18. The van der Waals surface area contributed by atoms with Gasteiger partial charge in [-0.05, 0) is 55.0 Å². The topological polar surface area (TPSA) is 65.4 Å². The van der Waals surface area contributed by atoms with Crippen LogP contribution in [0.4, 0.5) is 5.69 Å². The van der Waals surface area contributed by atoms with Crippen molar-refractivity contribution in [1.29, 1.82) is 0 Å². The van der Waals surface area contributed by atoms with Crippen LogP contribution in [0.25, 0.3) is 5.69 Å². The van der Waals surface area contributed by atoms with Crippen LogP contribution < -0.4 is 10.1 Å². The van der Waals surface area contributed by atoms with E-state index in [0.29, 0.717) is 18.0 Å². The zero-order valence-corrected chi connectivity index (χ0v) is 15.0. The van der Waals surface area contributed by atoms with E-state index in [9.17, 15) is 4.79 Å². The molecule has 0 aliphatic carbocycles. The first-order valence-electron chi connectivity index (χ1n) is 8.21. The lowest BCUT2D eigenvalue weighted by Crippen LogP contribution is -2.13. The highest BCUT2D eigenvalue weighted by atomic mass is 16.5. The monoisotopic (exact) mass is 351 g/mol. The van der Waals surface area contributed by atoms with Crippen LogP contribution in [0.5, 0.6) is 5.75 Å². The van der Waals surface area contributed by atoms with Gasteiger partial charge in [0.1, 0.15) is 5.75 Å². The molecule has 1 N–H and O–H groups in total. The van der Waals surface area contributed by atoms with Crippen LogP contribution in [0.2, 0.25) is 0 Å². The highest BCUT2D eigenvalue weighted by molar-refractivity contribution is 6.03. The van der Waals surface area contributed by atoms with Gasteiger partial charge in [0.15, 0.2) is 5.69 Å². The Morgan fingerprint density at radius 1 is 1.12 bits per heavy atom.